The van der Waals surface area contributed by atoms with Crippen molar-refractivity contribution >= 4 is 0 Å². The van der Waals surface area contributed by atoms with E-state index in [0.717, 1.165) is 6.42 Å². The first-order valence-electron chi connectivity index (χ1n) is 8.88. The van der Waals surface area contributed by atoms with Gasteiger partial charge in [-0.15, -0.1) is 0 Å². The van der Waals surface area contributed by atoms with Gasteiger partial charge in [0.15, 0.2) is 0 Å². The highest BCUT2D eigenvalue weighted by Gasteiger charge is 2.12. The number of rotatable bonds is 4. The quantitative estimate of drug-likeness (QED) is 0.491. The van der Waals surface area contributed by atoms with Crippen molar-refractivity contribution < 1.29 is 0 Å². The van der Waals surface area contributed by atoms with Crippen LogP contribution in [0.15, 0.2) is 60.7 Å². The second-order valence-corrected chi connectivity index (χ2v) is 6.63. The third-order valence-electron chi connectivity index (χ3n) is 5.05. The van der Waals surface area contributed by atoms with E-state index in [9.17, 15) is 0 Å². The molecule has 0 bridgehead atoms. The first kappa shape index (κ1) is 16.5. The average Bonchev–Trinajstić information content (AvgIpc) is 2.59. The predicted octanol–water partition coefficient (Wildman–Crippen LogP) is 6.90. The fraction of sp³-hybridized carbons (Fsp3) is 0.250. The van der Waals surface area contributed by atoms with Gasteiger partial charge in [-0.05, 0) is 71.7 Å². The molecule has 0 unspecified atom stereocenters. The van der Waals surface area contributed by atoms with E-state index in [1.807, 2.05) is 0 Å². The van der Waals surface area contributed by atoms with Gasteiger partial charge in [-0.3, -0.25) is 0 Å². The van der Waals surface area contributed by atoms with Crippen LogP contribution in [-0.2, 0) is 6.42 Å². The summed E-state index contributed by atoms with van der Waals surface area (Å²) in [4.78, 5) is 0. The van der Waals surface area contributed by atoms with Crippen LogP contribution in [0.1, 0.15) is 35.6 Å². The van der Waals surface area contributed by atoms with Crippen molar-refractivity contribution in [3.8, 4) is 22.3 Å². The lowest BCUT2D eigenvalue weighted by molar-refractivity contribution is 0.923. The maximum atomic E-state index is 2.30. The van der Waals surface area contributed by atoms with E-state index in [4.69, 9.17) is 0 Å². The first-order chi connectivity index (χ1) is 11.6. The largest absolute Gasteiger partial charge is 0.0651 e. The van der Waals surface area contributed by atoms with Crippen LogP contribution in [0.25, 0.3) is 22.3 Å². The Morgan fingerprint density at radius 2 is 1.12 bits per heavy atom. The van der Waals surface area contributed by atoms with Crippen LogP contribution in [0.5, 0.6) is 0 Å². The third-order valence-corrected chi connectivity index (χ3v) is 5.05. The fourth-order valence-electron chi connectivity index (χ4n) is 3.55. The summed E-state index contributed by atoms with van der Waals surface area (Å²) < 4.78 is 0. The van der Waals surface area contributed by atoms with E-state index in [1.54, 1.807) is 0 Å². The second kappa shape index (κ2) is 7.05. The minimum Gasteiger partial charge on any atom is -0.0651 e. The minimum absolute atomic E-state index is 1.13. The van der Waals surface area contributed by atoms with Crippen LogP contribution >= 0.6 is 0 Å². The fourth-order valence-corrected chi connectivity index (χ4v) is 3.55. The number of aryl methyl sites for hydroxylation is 2. The summed E-state index contributed by atoms with van der Waals surface area (Å²) in [6, 6.07) is 22.1. The molecule has 3 aromatic carbocycles. The summed E-state index contributed by atoms with van der Waals surface area (Å²) in [5.74, 6) is 0. The second-order valence-electron chi connectivity index (χ2n) is 6.63. The molecule has 0 atom stereocenters. The number of benzene rings is 3. The highest BCUT2D eigenvalue weighted by atomic mass is 14.2. The molecular formula is C24H26. The Kier molecular flexibility index (Phi) is 4.85. The molecule has 0 aromatic heterocycles. The Balaban J connectivity index is 2.14. The normalized spacial score (nSPS) is 10.8. The molecule has 0 nitrogen and oxygen atoms in total. The van der Waals surface area contributed by atoms with E-state index in [0.29, 0.717) is 0 Å². The van der Waals surface area contributed by atoms with Gasteiger partial charge < -0.3 is 0 Å². The van der Waals surface area contributed by atoms with E-state index < -0.39 is 0 Å². The maximum Gasteiger partial charge on any atom is -0.0149 e. The van der Waals surface area contributed by atoms with E-state index in [-0.39, 0.29) is 0 Å². The maximum absolute atomic E-state index is 2.30. The van der Waals surface area contributed by atoms with E-state index in [1.165, 1.54) is 50.9 Å². The molecule has 0 heterocycles. The Morgan fingerprint density at radius 1 is 0.583 bits per heavy atom. The van der Waals surface area contributed by atoms with Crippen molar-refractivity contribution in [2.24, 2.45) is 0 Å². The molecule has 0 aliphatic heterocycles. The standard InChI is InChI=1S/C24H26/c1-5-10-20-12-7-9-14-24(20)23-16-15-22(18(3)19(23)4)21-13-8-6-11-17(21)2/h6-9,11-16H,5,10H2,1-4H3. The highest BCUT2D eigenvalue weighted by molar-refractivity contribution is 5.79. The summed E-state index contributed by atoms with van der Waals surface area (Å²) in [7, 11) is 0. The van der Waals surface area contributed by atoms with Crippen LogP contribution < -0.4 is 0 Å². The van der Waals surface area contributed by atoms with Gasteiger partial charge in [0.05, 0.1) is 0 Å². The van der Waals surface area contributed by atoms with Gasteiger partial charge in [0.1, 0.15) is 0 Å². The lowest BCUT2D eigenvalue weighted by Gasteiger charge is -2.17. The van der Waals surface area contributed by atoms with Crippen LogP contribution in [0.3, 0.4) is 0 Å². The smallest absolute Gasteiger partial charge is 0.0149 e. The molecule has 0 heteroatoms. The van der Waals surface area contributed by atoms with E-state index >= 15 is 0 Å². The SMILES string of the molecule is CCCc1ccccc1-c1ccc(-c2ccccc2C)c(C)c1C. The number of hydrogen-bond acceptors (Lipinski definition) is 0. The molecule has 0 amide bonds. The zero-order chi connectivity index (χ0) is 17.1. The molecule has 122 valence electrons. The summed E-state index contributed by atoms with van der Waals surface area (Å²) in [5, 5.41) is 0. The van der Waals surface area contributed by atoms with E-state index in [2.05, 4.69) is 88.4 Å². The third kappa shape index (κ3) is 3.01. The molecule has 24 heavy (non-hydrogen) atoms. The van der Waals surface area contributed by atoms with Crippen LogP contribution in [-0.4, -0.2) is 0 Å². The Labute approximate surface area is 146 Å². The van der Waals surface area contributed by atoms with Crippen molar-refractivity contribution in [3.63, 3.8) is 0 Å². The van der Waals surface area contributed by atoms with Crippen LogP contribution in [0.2, 0.25) is 0 Å². The van der Waals surface area contributed by atoms with Gasteiger partial charge in [0.25, 0.3) is 0 Å². The zero-order valence-corrected chi connectivity index (χ0v) is 15.2. The topological polar surface area (TPSA) is 0 Å². The highest BCUT2D eigenvalue weighted by Crippen LogP contribution is 2.35. The lowest BCUT2D eigenvalue weighted by atomic mass is 9.87. The lowest BCUT2D eigenvalue weighted by Crippen LogP contribution is -1.96. The van der Waals surface area contributed by atoms with Gasteiger partial charge >= 0.3 is 0 Å². The summed E-state index contributed by atoms with van der Waals surface area (Å²) in [5.41, 5.74) is 11.0. The summed E-state index contributed by atoms with van der Waals surface area (Å²) in [6.07, 6.45) is 2.31. The molecule has 3 aromatic rings. The predicted molar refractivity (Wildman–Crippen MR) is 106 cm³/mol. The van der Waals surface area contributed by atoms with Gasteiger partial charge in [0, 0.05) is 0 Å². The summed E-state index contributed by atoms with van der Waals surface area (Å²) in [6.45, 7) is 8.95. The molecule has 0 saturated heterocycles. The Bertz CT molecular complexity index is 856. The van der Waals surface area contributed by atoms with Gasteiger partial charge in [0.2, 0.25) is 0 Å². The van der Waals surface area contributed by atoms with Crippen molar-refractivity contribution in [1.82, 2.24) is 0 Å². The average molecular weight is 314 g/mol. The van der Waals surface area contributed by atoms with Crippen LogP contribution in [0.4, 0.5) is 0 Å². The molecular weight excluding hydrogens is 288 g/mol. The molecule has 0 radical (unpaired) electrons. The first-order valence-corrected chi connectivity index (χ1v) is 8.88. The molecule has 0 fully saturated rings. The van der Waals surface area contributed by atoms with Crippen molar-refractivity contribution in [1.29, 1.82) is 0 Å². The summed E-state index contributed by atoms with van der Waals surface area (Å²) >= 11 is 0. The molecule has 0 saturated carbocycles. The van der Waals surface area contributed by atoms with Gasteiger partial charge in [-0.1, -0.05) is 74.0 Å². The zero-order valence-electron chi connectivity index (χ0n) is 15.2. The van der Waals surface area contributed by atoms with Crippen molar-refractivity contribution in [3.05, 3.63) is 82.9 Å². The molecule has 0 N–H and O–H groups in total. The Hall–Kier alpha value is -2.34. The minimum atomic E-state index is 1.13. The number of hydrogen-bond donors (Lipinski definition) is 0. The van der Waals surface area contributed by atoms with Crippen LogP contribution in [0, 0.1) is 20.8 Å². The monoisotopic (exact) mass is 314 g/mol. The van der Waals surface area contributed by atoms with Gasteiger partial charge in [-0.25, -0.2) is 0 Å². The molecule has 0 aliphatic carbocycles. The molecule has 3 rings (SSSR count). The molecule has 0 aliphatic rings. The van der Waals surface area contributed by atoms with Crippen molar-refractivity contribution in [2.45, 2.75) is 40.5 Å². The van der Waals surface area contributed by atoms with Gasteiger partial charge in [-0.2, -0.15) is 0 Å². The molecule has 0 spiro atoms. The van der Waals surface area contributed by atoms with Crippen molar-refractivity contribution in [2.75, 3.05) is 0 Å². The Morgan fingerprint density at radius 3 is 1.75 bits per heavy atom.